The van der Waals surface area contributed by atoms with E-state index < -0.39 is 0 Å². The molecule has 0 radical (unpaired) electrons. The molecule has 0 amide bonds. The molecule has 0 aliphatic rings. The fourth-order valence-electron chi connectivity index (χ4n) is 2.92. The Hall–Kier alpha value is -1.91. The van der Waals surface area contributed by atoms with Gasteiger partial charge in [0.2, 0.25) is 5.75 Å². The Morgan fingerprint density at radius 3 is 2.00 bits per heavy atom. The average Bonchev–Trinajstić information content (AvgIpc) is 2.61. The minimum atomic E-state index is 0. The third-order valence-electron chi connectivity index (χ3n) is 4.12. The molecule has 1 unspecified atom stereocenters. The van der Waals surface area contributed by atoms with Gasteiger partial charge in [0.1, 0.15) is 0 Å². The molecular formula is C20H28ClNO3. The van der Waals surface area contributed by atoms with Gasteiger partial charge in [-0.2, -0.15) is 0 Å². The van der Waals surface area contributed by atoms with E-state index in [0.717, 1.165) is 5.56 Å². The van der Waals surface area contributed by atoms with Crippen LogP contribution in [0.25, 0.3) is 0 Å². The molecule has 0 bridgehead atoms. The van der Waals surface area contributed by atoms with Crippen molar-refractivity contribution >= 4 is 12.4 Å². The smallest absolute Gasteiger partial charge is 0.203 e. The predicted molar refractivity (Wildman–Crippen MR) is 104 cm³/mol. The second kappa shape index (κ2) is 10.2. The van der Waals surface area contributed by atoms with Gasteiger partial charge in [-0.3, -0.25) is 0 Å². The molecule has 0 saturated heterocycles. The summed E-state index contributed by atoms with van der Waals surface area (Å²) in [5, 5.41) is 3.64. The molecular weight excluding hydrogens is 338 g/mol. The van der Waals surface area contributed by atoms with Crippen molar-refractivity contribution < 1.29 is 14.2 Å². The van der Waals surface area contributed by atoms with Crippen LogP contribution in [0, 0.1) is 5.92 Å². The summed E-state index contributed by atoms with van der Waals surface area (Å²) in [6.07, 6.45) is 0. The molecule has 2 rings (SSSR count). The molecule has 2 aromatic carbocycles. The van der Waals surface area contributed by atoms with Crippen LogP contribution >= 0.6 is 12.4 Å². The number of ether oxygens (including phenoxy) is 3. The Morgan fingerprint density at radius 1 is 0.840 bits per heavy atom. The molecule has 0 aliphatic heterocycles. The van der Waals surface area contributed by atoms with E-state index in [-0.39, 0.29) is 18.4 Å². The first kappa shape index (κ1) is 21.1. The monoisotopic (exact) mass is 365 g/mol. The van der Waals surface area contributed by atoms with Gasteiger partial charge in [-0.1, -0.05) is 50.2 Å². The second-order valence-electron chi connectivity index (χ2n) is 6.01. The molecule has 25 heavy (non-hydrogen) atoms. The van der Waals surface area contributed by atoms with Crippen LogP contribution in [0.1, 0.15) is 31.0 Å². The van der Waals surface area contributed by atoms with Crippen LogP contribution in [-0.4, -0.2) is 21.3 Å². The molecule has 0 spiro atoms. The fourth-order valence-corrected chi connectivity index (χ4v) is 2.92. The molecule has 0 aromatic heterocycles. The molecule has 138 valence electrons. The summed E-state index contributed by atoms with van der Waals surface area (Å²) in [6, 6.07) is 14.7. The highest BCUT2D eigenvalue weighted by Gasteiger charge is 2.19. The highest BCUT2D eigenvalue weighted by atomic mass is 35.5. The average molecular weight is 366 g/mol. The van der Waals surface area contributed by atoms with Crippen molar-refractivity contribution in [3.05, 3.63) is 53.6 Å². The number of halogens is 1. The second-order valence-corrected chi connectivity index (χ2v) is 6.01. The van der Waals surface area contributed by atoms with E-state index >= 15 is 0 Å². The van der Waals surface area contributed by atoms with Crippen LogP contribution in [0.4, 0.5) is 0 Å². The van der Waals surface area contributed by atoms with Crippen molar-refractivity contribution in [2.45, 2.75) is 26.4 Å². The van der Waals surface area contributed by atoms with Crippen molar-refractivity contribution in [2.75, 3.05) is 21.3 Å². The lowest BCUT2D eigenvalue weighted by Gasteiger charge is -2.24. The molecule has 5 heteroatoms. The first-order valence-corrected chi connectivity index (χ1v) is 8.18. The zero-order valence-corrected chi connectivity index (χ0v) is 16.4. The van der Waals surface area contributed by atoms with Crippen LogP contribution in [0.5, 0.6) is 17.2 Å². The number of nitrogens with one attached hydrogen (secondary N) is 1. The largest absolute Gasteiger partial charge is 0.493 e. The summed E-state index contributed by atoms with van der Waals surface area (Å²) in [6.45, 7) is 5.12. The highest BCUT2D eigenvalue weighted by Crippen LogP contribution is 2.40. The van der Waals surface area contributed by atoms with Crippen molar-refractivity contribution in [2.24, 2.45) is 5.92 Å². The molecule has 0 saturated carbocycles. The van der Waals surface area contributed by atoms with Crippen LogP contribution in [-0.2, 0) is 6.54 Å². The minimum Gasteiger partial charge on any atom is -0.493 e. The minimum absolute atomic E-state index is 0. The topological polar surface area (TPSA) is 39.7 Å². The fraction of sp³-hybridized carbons (Fsp3) is 0.400. The molecule has 0 aliphatic carbocycles. The van der Waals surface area contributed by atoms with Crippen LogP contribution < -0.4 is 19.5 Å². The van der Waals surface area contributed by atoms with Crippen LogP contribution in [0.3, 0.4) is 0 Å². The third-order valence-corrected chi connectivity index (χ3v) is 4.12. The summed E-state index contributed by atoms with van der Waals surface area (Å²) >= 11 is 0. The van der Waals surface area contributed by atoms with Gasteiger partial charge in [0.15, 0.2) is 11.5 Å². The van der Waals surface area contributed by atoms with Gasteiger partial charge in [0, 0.05) is 18.2 Å². The van der Waals surface area contributed by atoms with Crippen LogP contribution in [0.15, 0.2) is 42.5 Å². The zero-order chi connectivity index (χ0) is 17.5. The van der Waals surface area contributed by atoms with E-state index in [1.807, 2.05) is 18.2 Å². The van der Waals surface area contributed by atoms with Crippen molar-refractivity contribution in [1.29, 1.82) is 0 Å². The van der Waals surface area contributed by atoms with Gasteiger partial charge in [-0.05, 0) is 17.5 Å². The summed E-state index contributed by atoms with van der Waals surface area (Å²) < 4.78 is 16.4. The van der Waals surface area contributed by atoms with Crippen LogP contribution in [0.2, 0.25) is 0 Å². The highest BCUT2D eigenvalue weighted by molar-refractivity contribution is 5.85. The Morgan fingerprint density at radius 2 is 1.48 bits per heavy atom. The Balaban J connectivity index is 0.00000312. The number of hydrogen-bond acceptors (Lipinski definition) is 4. The maximum atomic E-state index is 5.56. The normalized spacial score (nSPS) is 11.6. The molecule has 0 fully saturated rings. The first-order valence-electron chi connectivity index (χ1n) is 8.18. The zero-order valence-electron chi connectivity index (χ0n) is 15.5. The van der Waals surface area contributed by atoms with E-state index in [0.29, 0.717) is 29.7 Å². The van der Waals surface area contributed by atoms with E-state index in [1.54, 1.807) is 21.3 Å². The molecule has 0 heterocycles. The van der Waals surface area contributed by atoms with Gasteiger partial charge in [0.05, 0.1) is 21.3 Å². The van der Waals surface area contributed by atoms with Gasteiger partial charge in [0.25, 0.3) is 0 Å². The Bertz CT molecular complexity index is 647. The maximum Gasteiger partial charge on any atom is 0.203 e. The van der Waals surface area contributed by atoms with Gasteiger partial charge < -0.3 is 19.5 Å². The first-order chi connectivity index (χ1) is 11.6. The SMILES string of the molecule is COc1ccc(CNC(c2ccccc2)C(C)C)c(OC)c1OC.Cl. The van der Waals surface area contributed by atoms with Gasteiger partial charge in [-0.25, -0.2) is 0 Å². The van der Waals surface area contributed by atoms with Gasteiger partial charge >= 0.3 is 0 Å². The lowest BCUT2D eigenvalue weighted by molar-refractivity contribution is 0.320. The van der Waals surface area contributed by atoms with Gasteiger partial charge in [-0.15, -0.1) is 12.4 Å². The summed E-state index contributed by atoms with van der Waals surface area (Å²) in [5.41, 5.74) is 2.32. The Kier molecular flexibility index (Phi) is 8.59. The molecule has 1 atom stereocenters. The summed E-state index contributed by atoms with van der Waals surface area (Å²) in [5.74, 6) is 2.47. The van der Waals surface area contributed by atoms with E-state index in [1.165, 1.54) is 5.56 Å². The molecule has 4 nitrogen and oxygen atoms in total. The predicted octanol–water partition coefficient (Wildman–Crippen LogP) is 4.62. The number of hydrogen-bond donors (Lipinski definition) is 1. The third kappa shape index (κ3) is 5.03. The standard InChI is InChI=1S/C20H27NO3.ClH/c1-14(2)18(15-9-7-6-8-10-15)21-13-16-11-12-17(22-3)20(24-5)19(16)23-4;/h6-12,14,18,21H,13H2,1-5H3;1H. The molecule has 1 N–H and O–H groups in total. The summed E-state index contributed by atoms with van der Waals surface area (Å²) in [4.78, 5) is 0. The van der Waals surface area contributed by atoms with E-state index in [2.05, 4.69) is 43.4 Å². The van der Waals surface area contributed by atoms with E-state index in [4.69, 9.17) is 14.2 Å². The van der Waals surface area contributed by atoms with Crippen molar-refractivity contribution in [3.63, 3.8) is 0 Å². The van der Waals surface area contributed by atoms with Crippen molar-refractivity contribution in [3.8, 4) is 17.2 Å². The molecule has 2 aromatic rings. The van der Waals surface area contributed by atoms with E-state index in [9.17, 15) is 0 Å². The lowest BCUT2D eigenvalue weighted by atomic mass is 9.96. The summed E-state index contributed by atoms with van der Waals surface area (Å²) in [7, 11) is 4.90. The van der Waals surface area contributed by atoms with Crippen molar-refractivity contribution in [1.82, 2.24) is 5.32 Å². The Labute approximate surface area is 156 Å². The number of methoxy groups -OCH3 is 3. The number of benzene rings is 2. The maximum absolute atomic E-state index is 5.56. The number of rotatable bonds is 8. The quantitative estimate of drug-likeness (QED) is 0.740. The lowest BCUT2D eigenvalue weighted by Crippen LogP contribution is -2.25.